The van der Waals surface area contributed by atoms with E-state index in [-0.39, 0.29) is 12.0 Å². The molecule has 0 saturated carbocycles. The molecule has 1 rings (SSSR count). The zero-order chi connectivity index (χ0) is 11.9. The van der Waals surface area contributed by atoms with Crippen LogP contribution in [0.4, 0.5) is 0 Å². The van der Waals surface area contributed by atoms with Crippen LogP contribution in [0.15, 0.2) is 30.3 Å². The quantitative estimate of drug-likeness (QED) is 0.691. The number of hydrogen-bond donors (Lipinski definition) is 1. The molecule has 1 aromatic carbocycles. The average Bonchev–Trinajstić information content (AvgIpc) is 2.31. The van der Waals surface area contributed by atoms with Gasteiger partial charge in [0.25, 0.3) is 0 Å². The normalized spacial score (nSPS) is 14.7. The van der Waals surface area contributed by atoms with Gasteiger partial charge in [0, 0.05) is 6.61 Å². The third-order valence-electron chi connectivity index (χ3n) is 3.47. The molecule has 0 radical (unpaired) electrons. The van der Waals surface area contributed by atoms with Gasteiger partial charge in [-0.1, -0.05) is 63.4 Å². The van der Waals surface area contributed by atoms with Crippen LogP contribution in [0.2, 0.25) is 0 Å². The number of unbranched alkanes of at least 4 members (excludes halogenated alkanes) is 2. The van der Waals surface area contributed by atoms with E-state index in [4.69, 9.17) is 0 Å². The standard InChI is InChI=1S/C15H24O/c1-3-4-8-11-15(2,12-13-16)14-9-6-5-7-10-14/h5-7,9-10,16H,3-4,8,11-13H2,1-2H3. The van der Waals surface area contributed by atoms with Crippen molar-refractivity contribution >= 4 is 0 Å². The molecule has 0 aliphatic heterocycles. The van der Waals surface area contributed by atoms with Gasteiger partial charge in [0.2, 0.25) is 0 Å². The van der Waals surface area contributed by atoms with Gasteiger partial charge in [-0.05, 0) is 23.8 Å². The molecule has 0 aromatic heterocycles. The summed E-state index contributed by atoms with van der Waals surface area (Å²) in [7, 11) is 0. The van der Waals surface area contributed by atoms with Crippen molar-refractivity contribution in [3.63, 3.8) is 0 Å². The van der Waals surface area contributed by atoms with Gasteiger partial charge in [0.15, 0.2) is 0 Å². The lowest BCUT2D eigenvalue weighted by Crippen LogP contribution is -2.23. The third kappa shape index (κ3) is 3.64. The molecule has 1 aromatic rings. The predicted octanol–water partition coefficient (Wildman–Crippen LogP) is 3.91. The summed E-state index contributed by atoms with van der Waals surface area (Å²) in [6.45, 7) is 4.78. The summed E-state index contributed by atoms with van der Waals surface area (Å²) in [5.74, 6) is 0. The maximum atomic E-state index is 9.22. The second-order valence-electron chi connectivity index (χ2n) is 4.86. The van der Waals surface area contributed by atoms with Crippen LogP contribution in [0, 0.1) is 0 Å². The van der Waals surface area contributed by atoms with Crippen molar-refractivity contribution in [3.8, 4) is 0 Å². The topological polar surface area (TPSA) is 20.2 Å². The molecule has 0 spiro atoms. The van der Waals surface area contributed by atoms with E-state index < -0.39 is 0 Å². The third-order valence-corrected chi connectivity index (χ3v) is 3.47. The molecular formula is C15H24O. The Bertz CT molecular complexity index is 281. The van der Waals surface area contributed by atoms with E-state index in [1.54, 1.807) is 0 Å². The highest BCUT2D eigenvalue weighted by Gasteiger charge is 2.24. The van der Waals surface area contributed by atoms with E-state index in [0.29, 0.717) is 0 Å². The maximum absolute atomic E-state index is 9.22. The van der Waals surface area contributed by atoms with Crippen LogP contribution in [0.5, 0.6) is 0 Å². The van der Waals surface area contributed by atoms with E-state index in [1.807, 2.05) is 0 Å². The van der Waals surface area contributed by atoms with Crippen molar-refractivity contribution in [2.75, 3.05) is 6.61 Å². The lowest BCUT2D eigenvalue weighted by atomic mass is 9.76. The first kappa shape index (κ1) is 13.2. The highest BCUT2D eigenvalue weighted by molar-refractivity contribution is 5.24. The predicted molar refractivity (Wildman–Crippen MR) is 69.6 cm³/mol. The smallest absolute Gasteiger partial charge is 0.0439 e. The molecule has 0 amide bonds. The minimum absolute atomic E-state index is 0.144. The molecule has 0 heterocycles. The molecule has 1 nitrogen and oxygen atoms in total. The first-order valence-corrected chi connectivity index (χ1v) is 6.39. The van der Waals surface area contributed by atoms with E-state index in [0.717, 1.165) is 6.42 Å². The fourth-order valence-electron chi connectivity index (χ4n) is 2.27. The summed E-state index contributed by atoms with van der Waals surface area (Å²) in [5.41, 5.74) is 1.51. The molecule has 0 aliphatic carbocycles. The maximum Gasteiger partial charge on any atom is 0.0439 e. The summed E-state index contributed by atoms with van der Waals surface area (Å²) < 4.78 is 0. The first-order valence-electron chi connectivity index (χ1n) is 6.39. The van der Waals surface area contributed by atoms with Crippen LogP contribution in [-0.4, -0.2) is 11.7 Å². The van der Waals surface area contributed by atoms with Crippen LogP contribution in [0.25, 0.3) is 0 Å². The lowest BCUT2D eigenvalue weighted by Gasteiger charge is -2.29. The van der Waals surface area contributed by atoms with E-state index in [9.17, 15) is 5.11 Å². The van der Waals surface area contributed by atoms with Crippen LogP contribution >= 0.6 is 0 Å². The fraction of sp³-hybridized carbons (Fsp3) is 0.600. The van der Waals surface area contributed by atoms with Gasteiger partial charge in [-0.3, -0.25) is 0 Å². The molecule has 1 N–H and O–H groups in total. The Hall–Kier alpha value is -0.820. The molecule has 1 unspecified atom stereocenters. The first-order chi connectivity index (χ1) is 7.73. The Morgan fingerprint density at radius 1 is 1.06 bits per heavy atom. The Labute approximate surface area is 99.5 Å². The molecule has 90 valence electrons. The number of aliphatic hydroxyl groups excluding tert-OH is 1. The monoisotopic (exact) mass is 220 g/mol. The van der Waals surface area contributed by atoms with Gasteiger partial charge in [0.05, 0.1) is 0 Å². The summed E-state index contributed by atoms with van der Waals surface area (Å²) in [4.78, 5) is 0. The van der Waals surface area contributed by atoms with Crippen molar-refractivity contribution in [1.29, 1.82) is 0 Å². The number of hydrogen-bond acceptors (Lipinski definition) is 1. The number of rotatable bonds is 7. The largest absolute Gasteiger partial charge is 0.396 e. The summed E-state index contributed by atoms with van der Waals surface area (Å²) in [5, 5.41) is 9.22. The Kier molecular flexibility index (Phi) is 5.54. The molecule has 0 saturated heterocycles. The van der Waals surface area contributed by atoms with E-state index in [2.05, 4.69) is 44.2 Å². The molecule has 0 aliphatic rings. The van der Waals surface area contributed by atoms with Crippen molar-refractivity contribution in [1.82, 2.24) is 0 Å². The highest BCUT2D eigenvalue weighted by atomic mass is 16.3. The summed E-state index contributed by atoms with van der Waals surface area (Å²) in [6.07, 6.45) is 5.83. The van der Waals surface area contributed by atoms with E-state index >= 15 is 0 Å². The summed E-state index contributed by atoms with van der Waals surface area (Å²) in [6, 6.07) is 10.6. The van der Waals surface area contributed by atoms with Crippen LogP contribution in [0.1, 0.15) is 51.5 Å². The zero-order valence-electron chi connectivity index (χ0n) is 10.6. The van der Waals surface area contributed by atoms with Crippen molar-refractivity contribution < 1.29 is 5.11 Å². The number of benzene rings is 1. The second kappa shape index (κ2) is 6.70. The molecule has 0 fully saturated rings. The molecule has 1 atom stereocenters. The minimum Gasteiger partial charge on any atom is -0.396 e. The highest BCUT2D eigenvalue weighted by Crippen LogP contribution is 2.32. The van der Waals surface area contributed by atoms with Crippen LogP contribution in [-0.2, 0) is 5.41 Å². The number of aliphatic hydroxyl groups is 1. The van der Waals surface area contributed by atoms with Gasteiger partial charge >= 0.3 is 0 Å². The molecule has 16 heavy (non-hydrogen) atoms. The zero-order valence-corrected chi connectivity index (χ0v) is 10.6. The van der Waals surface area contributed by atoms with Gasteiger partial charge in [-0.2, -0.15) is 0 Å². The van der Waals surface area contributed by atoms with Crippen LogP contribution in [0.3, 0.4) is 0 Å². The molecular weight excluding hydrogens is 196 g/mol. The van der Waals surface area contributed by atoms with Crippen LogP contribution < -0.4 is 0 Å². The molecule has 1 heteroatoms. The SMILES string of the molecule is CCCCCC(C)(CCO)c1ccccc1. The van der Waals surface area contributed by atoms with Crippen molar-refractivity contribution in [2.45, 2.75) is 51.4 Å². The Balaban J connectivity index is 2.71. The van der Waals surface area contributed by atoms with Crippen molar-refractivity contribution in [2.24, 2.45) is 0 Å². The Morgan fingerprint density at radius 2 is 1.75 bits per heavy atom. The van der Waals surface area contributed by atoms with Gasteiger partial charge in [-0.15, -0.1) is 0 Å². The van der Waals surface area contributed by atoms with Gasteiger partial charge in [-0.25, -0.2) is 0 Å². The van der Waals surface area contributed by atoms with Crippen molar-refractivity contribution in [3.05, 3.63) is 35.9 Å². The molecule has 0 bridgehead atoms. The Morgan fingerprint density at radius 3 is 2.31 bits per heavy atom. The second-order valence-corrected chi connectivity index (χ2v) is 4.86. The van der Waals surface area contributed by atoms with Gasteiger partial charge < -0.3 is 5.11 Å². The van der Waals surface area contributed by atoms with Gasteiger partial charge in [0.1, 0.15) is 0 Å². The van der Waals surface area contributed by atoms with E-state index in [1.165, 1.54) is 31.2 Å². The lowest BCUT2D eigenvalue weighted by molar-refractivity contribution is 0.235. The minimum atomic E-state index is 0.144. The fourth-order valence-corrected chi connectivity index (χ4v) is 2.27. The summed E-state index contributed by atoms with van der Waals surface area (Å²) >= 11 is 0. The average molecular weight is 220 g/mol.